The van der Waals surface area contributed by atoms with E-state index >= 15 is 0 Å². The highest BCUT2D eigenvalue weighted by molar-refractivity contribution is 5.86. The normalized spacial score (nSPS) is 10.9. The molecular formula is C16H13F2NO. The van der Waals surface area contributed by atoms with Gasteiger partial charge in [-0.2, -0.15) is 0 Å². The molecular weight excluding hydrogens is 260 g/mol. The number of ether oxygens (including phenoxy) is 1. The van der Waals surface area contributed by atoms with E-state index in [2.05, 4.69) is 0 Å². The van der Waals surface area contributed by atoms with Crippen molar-refractivity contribution in [3.8, 4) is 5.75 Å². The first-order chi connectivity index (χ1) is 9.70. The van der Waals surface area contributed by atoms with Gasteiger partial charge in [0, 0.05) is 17.1 Å². The Morgan fingerprint density at radius 2 is 1.85 bits per heavy atom. The van der Waals surface area contributed by atoms with Crippen LogP contribution in [0.25, 0.3) is 10.9 Å². The zero-order chi connectivity index (χ0) is 14.1. The first kappa shape index (κ1) is 12.7. The van der Waals surface area contributed by atoms with E-state index in [1.165, 1.54) is 6.07 Å². The number of rotatable bonds is 3. The highest BCUT2D eigenvalue weighted by atomic mass is 19.2. The standard InChI is InChI=1S/C16H13F2NO/c1-20-15-7-3-6-14-12(15)8-9-19(14)10-11-4-2-5-13(17)16(11)18/h2-9H,10H2,1H3. The third kappa shape index (κ3) is 2.03. The fourth-order valence-electron chi connectivity index (χ4n) is 2.37. The van der Waals surface area contributed by atoms with E-state index in [9.17, 15) is 8.78 Å². The third-order valence-electron chi connectivity index (χ3n) is 3.37. The van der Waals surface area contributed by atoms with Crippen LogP contribution >= 0.6 is 0 Å². The Morgan fingerprint density at radius 1 is 1.05 bits per heavy atom. The summed E-state index contributed by atoms with van der Waals surface area (Å²) in [6.07, 6.45) is 1.84. The van der Waals surface area contributed by atoms with Crippen molar-refractivity contribution in [2.45, 2.75) is 6.54 Å². The summed E-state index contributed by atoms with van der Waals surface area (Å²) in [5, 5.41) is 0.951. The van der Waals surface area contributed by atoms with E-state index in [-0.39, 0.29) is 6.54 Å². The van der Waals surface area contributed by atoms with Gasteiger partial charge in [0.05, 0.1) is 19.2 Å². The lowest BCUT2D eigenvalue weighted by molar-refractivity contribution is 0.420. The lowest BCUT2D eigenvalue weighted by Crippen LogP contribution is -2.02. The van der Waals surface area contributed by atoms with Crippen LogP contribution in [-0.4, -0.2) is 11.7 Å². The van der Waals surface area contributed by atoms with Gasteiger partial charge in [-0.15, -0.1) is 0 Å². The first-order valence-electron chi connectivity index (χ1n) is 6.25. The Morgan fingerprint density at radius 3 is 2.65 bits per heavy atom. The van der Waals surface area contributed by atoms with E-state index in [0.29, 0.717) is 5.56 Å². The van der Waals surface area contributed by atoms with Crippen LogP contribution in [0.15, 0.2) is 48.7 Å². The summed E-state index contributed by atoms with van der Waals surface area (Å²) >= 11 is 0. The number of hydrogen-bond donors (Lipinski definition) is 0. The average Bonchev–Trinajstić information content (AvgIpc) is 2.87. The van der Waals surface area contributed by atoms with E-state index in [0.717, 1.165) is 22.7 Å². The van der Waals surface area contributed by atoms with E-state index in [4.69, 9.17) is 4.74 Å². The molecule has 0 atom stereocenters. The summed E-state index contributed by atoms with van der Waals surface area (Å²) in [7, 11) is 1.61. The molecule has 2 aromatic carbocycles. The summed E-state index contributed by atoms with van der Waals surface area (Å²) in [6, 6.07) is 11.8. The van der Waals surface area contributed by atoms with Crippen molar-refractivity contribution in [3.05, 3.63) is 65.9 Å². The number of methoxy groups -OCH3 is 1. The van der Waals surface area contributed by atoms with E-state index in [1.807, 2.05) is 35.0 Å². The quantitative estimate of drug-likeness (QED) is 0.704. The molecule has 0 spiro atoms. The molecule has 0 aliphatic heterocycles. The Labute approximate surface area is 115 Å². The lowest BCUT2D eigenvalue weighted by atomic mass is 10.2. The fraction of sp³-hybridized carbons (Fsp3) is 0.125. The molecule has 0 fully saturated rings. The van der Waals surface area contributed by atoms with Crippen molar-refractivity contribution < 1.29 is 13.5 Å². The Hall–Kier alpha value is -2.36. The zero-order valence-electron chi connectivity index (χ0n) is 10.9. The molecule has 0 amide bonds. The second kappa shape index (κ2) is 4.96. The largest absolute Gasteiger partial charge is 0.496 e. The molecule has 3 rings (SSSR count). The molecule has 20 heavy (non-hydrogen) atoms. The van der Waals surface area contributed by atoms with Crippen molar-refractivity contribution >= 4 is 10.9 Å². The molecule has 1 heterocycles. The van der Waals surface area contributed by atoms with Gasteiger partial charge in [0.1, 0.15) is 5.75 Å². The summed E-state index contributed by atoms with van der Waals surface area (Å²) in [4.78, 5) is 0. The number of fused-ring (bicyclic) bond motifs is 1. The van der Waals surface area contributed by atoms with Gasteiger partial charge in [-0.05, 0) is 24.3 Å². The van der Waals surface area contributed by atoms with Crippen molar-refractivity contribution in [1.82, 2.24) is 4.57 Å². The van der Waals surface area contributed by atoms with Crippen LogP contribution in [-0.2, 0) is 6.54 Å². The predicted octanol–water partition coefficient (Wildman–Crippen LogP) is 3.98. The molecule has 102 valence electrons. The summed E-state index contributed by atoms with van der Waals surface area (Å²) in [5.41, 5.74) is 1.25. The van der Waals surface area contributed by atoms with Crippen LogP contribution < -0.4 is 4.74 Å². The van der Waals surface area contributed by atoms with Gasteiger partial charge in [-0.1, -0.05) is 18.2 Å². The second-order valence-electron chi connectivity index (χ2n) is 4.55. The maximum absolute atomic E-state index is 13.7. The van der Waals surface area contributed by atoms with Crippen LogP contribution in [0.5, 0.6) is 5.75 Å². The van der Waals surface area contributed by atoms with Crippen LogP contribution in [0.3, 0.4) is 0 Å². The molecule has 0 saturated carbocycles. The summed E-state index contributed by atoms with van der Waals surface area (Å²) < 4.78 is 34.1. The molecule has 3 aromatic rings. The second-order valence-corrected chi connectivity index (χ2v) is 4.55. The van der Waals surface area contributed by atoms with Gasteiger partial charge in [0.15, 0.2) is 11.6 Å². The number of aromatic nitrogens is 1. The van der Waals surface area contributed by atoms with E-state index < -0.39 is 11.6 Å². The minimum Gasteiger partial charge on any atom is -0.496 e. The SMILES string of the molecule is COc1cccc2c1ccn2Cc1cccc(F)c1F. The minimum atomic E-state index is -0.823. The van der Waals surface area contributed by atoms with Crippen LogP contribution in [0.2, 0.25) is 0 Å². The molecule has 0 radical (unpaired) electrons. The van der Waals surface area contributed by atoms with Gasteiger partial charge >= 0.3 is 0 Å². The molecule has 0 saturated heterocycles. The highest BCUT2D eigenvalue weighted by Crippen LogP contribution is 2.27. The molecule has 1 aromatic heterocycles. The predicted molar refractivity (Wildman–Crippen MR) is 74.0 cm³/mol. The van der Waals surface area contributed by atoms with Gasteiger partial charge in [0.25, 0.3) is 0 Å². The van der Waals surface area contributed by atoms with Crippen molar-refractivity contribution in [3.63, 3.8) is 0 Å². The van der Waals surface area contributed by atoms with Gasteiger partial charge < -0.3 is 9.30 Å². The molecule has 0 aliphatic carbocycles. The van der Waals surface area contributed by atoms with Gasteiger partial charge in [-0.3, -0.25) is 0 Å². The monoisotopic (exact) mass is 273 g/mol. The van der Waals surface area contributed by atoms with E-state index in [1.54, 1.807) is 13.2 Å². The Balaban J connectivity index is 2.05. The van der Waals surface area contributed by atoms with Crippen LogP contribution in [0, 0.1) is 11.6 Å². The van der Waals surface area contributed by atoms with Gasteiger partial charge in [0.2, 0.25) is 0 Å². The average molecular weight is 273 g/mol. The lowest BCUT2D eigenvalue weighted by Gasteiger charge is -2.08. The molecule has 0 aliphatic rings. The molecule has 2 nitrogen and oxygen atoms in total. The van der Waals surface area contributed by atoms with Crippen LogP contribution in [0.4, 0.5) is 8.78 Å². The Bertz CT molecular complexity index is 764. The smallest absolute Gasteiger partial charge is 0.163 e. The summed E-state index contributed by atoms with van der Waals surface area (Å²) in [6.45, 7) is 0.278. The van der Waals surface area contributed by atoms with Crippen molar-refractivity contribution in [2.24, 2.45) is 0 Å². The number of halogens is 2. The number of benzene rings is 2. The molecule has 0 bridgehead atoms. The summed E-state index contributed by atoms with van der Waals surface area (Å²) in [5.74, 6) is -0.852. The highest BCUT2D eigenvalue weighted by Gasteiger charge is 2.10. The van der Waals surface area contributed by atoms with Crippen molar-refractivity contribution in [1.29, 1.82) is 0 Å². The number of nitrogens with zero attached hydrogens (tertiary/aromatic N) is 1. The van der Waals surface area contributed by atoms with Gasteiger partial charge in [-0.25, -0.2) is 8.78 Å². The first-order valence-corrected chi connectivity index (χ1v) is 6.25. The number of hydrogen-bond acceptors (Lipinski definition) is 1. The molecule has 0 N–H and O–H groups in total. The van der Waals surface area contributed by atoms with Crippen molar-refractivity contribution in [2.75, 3.05) is 7.11 Å². The molecule has 4 heteroatoms. The van der Waals surface area contributed by atoms with Crippen LogP contribution in [0.1, 0.15) is 5.56 Å². The third-order valence-corrected chi connectivity index (χ3v) is 3.37. The minimum absolute atomic E-state index is 0.278. The maximum Gasteiger partial charge on any atom is 0.163 e. The zero-order valence-corrected chi connectivity index (χ0v) is 10.9. The Kier molecular flexibility index (Phi) is 3.14. The topological polar surface area (TPSA) is 14.2 Å². The molecule has 0 unspecified atom stereocenters. The maximum atomic E-state index is 13.7. The fourth-order valence-corrected chi connectivity index (χ4v) is 2.37.